The standard InChI is InChI=1S/C24H20N4O4/c1-2-23-26-22-6-4-3-5-21(22)24(29)27(23)25-15-17-9-13-20(14-10-17)32-16-18-7-11-19(12-8-18)28(30)31/h3-15H,2,16H2,1H3. The van der Waals surface area contributed by atoms with Crippen LogP contribution in [0, 0.1) is 10.1 Å². The summed E-state index contributed by atoms with van der Waals surface area (Å²) in [5.41, 5.74) is 2.14. The molecule has 0 aliphatic heterocycles. The van der Waals surface area contributed by atoms with Crippen molar-refractivity contribution in [2.75, 3.05) is 0 Å². The summed E-state index contributed by atoms with van der Waals surface area (Å²) in [6.45, 7) is 2.23. The maximum absolute atomic E-state index is 12.8. The number of para-hydroxylation sites is 1. The molecule has 8 heteroatoms. The Hall–Kier alpha value is -4.33. The largest absolute Gasteiger partial charge is 0.489 e. The third kappa shape index (κ3) is 4.54. The number of hydrogen-bond donors (Lipinski definition) is 0. The normalized spacial score (nSPS) is 11.2. The van der Waals surface area contributed by atoms with E-state index in [2.05, 4.69) is 10.1 Å². The van der Waals surface area contributed by atoms with Crippen molar-refractivity contribution in [2.24, 2.45) is 5.10 Å². The average Bonchev–Trinajstić information content (AvgIpc) is 2.83. The van der Waals surface area contributed by atoms with Crippen molar-refractivity contribution in [3.63, 3.8) is 0 Å². The van der Waals surface area contributed by atoms with Gasteiger partial charge in [-0.15, -0.1) is 0 Å². The van der Waals surface area contributed by atoms with E-state index in [1.165, 1.54) is 16.8 Å². The number of non-ortho nitro benzene ring substituents is 1. The number of aromatic nitrogens is 2. The lowest BCUT2D eigenvalue weighted by molar-refractivity contribution is -0.384. The minimum absolute atomic E-state index is 0.0457. The number of nitrogens with zero attached hydrogens (tertiary/aromatic N) is 4. The highest BCUT2D eigenvalue weighted by Crippen LogP contribution is 2.16. The molecule has 32 heavy (non-hydrogen) atoms. The quantitative estimate of drug-likeness (QED) is 0.248. The third-order valence-corrected chi connectivity index (χ3v) is 4.89. The second-order valence-electron chi connectivity index (χ2n) is 7.04. The number of nitro benzene ring substituents is 1. The van der Waals surface area contributed by atoms with Crippen LogP contribution in [0.1, 0.15) is 23.9 Å². The minimum atomic E-state index is -0.434. The van der Waals surface area contributed by atoms with Crippen molar-refractivity contribution in [2.45, 2.75) is 20.0 Å². The number of benzene rings is 3. The molecular formula is C24H20N4O4. The summed E-state index contributed by atoms with van der Waals surface area (Å²) in [5, 5.41) is 15.6. The molecule has 0 atom stereocenters. The smallest absolute Gasteiger partial charge is 0.282 e. The van der Waals surface area contributed by atoms with Gasteiger partial charge in [0.15, 0.2) is 0 Å². The number of nitro groups is 1. The van der Waals surface area contributed by atoms with Crippen molar-refractivity contribution in [1.82, 2.24) is 9.66 Å². The van der Waals surface area contributed by atoms with Crippen molar-refractivity contribution in [3.05, 3.63) is 110 Å². The van der Waals surface area contributed by atoms with Crippen LogP contribution in [0.4, 0.5) is 5.69 Å². The molecule has 0 aliphatic carbocycles. The van der Waals surface area contributed by atoms with Crippen LogP contribution < -0.4 is 10.3 Å². The lowest BCUT2D eigenvalue weighted by atomic mass is 10.2. The molecule has 0 saturated heterocycles. The van der Waals surface area contributed by atoms with Gasteiger partial charge < -0.3 is 4.74 Å². The first-order chi connectivity index (χ1) is 15.5. The van der Waals surface area contributed by atoms with Crippen molar-refractivity contribution < 1.29 is 9.66 Å². The molecule has 8 nitrogen and oxygen atoms in total. The van der Waals surface area contributed by atoms with E-state index in [1.54, 1.807) is 42.6 Å². The lowest BCUT2D eigenvalue weighted by Crippen LogP contribution is -2.22. The van der Waals surface area contributed by atoms with Crippen LogP contribution in [0.15, 0.2) is 82.7 Å². The van der Waals surface area contributed by atoms with Crippen LogP contribution in [0.2, 0.25) is 0 Å². The predicted molar refractivity (Wildman–Crippen MR) is 122 cm³/mol. The number of fused-ring (bicyclic) bond motifs is 1. The van der Waals surface area contributed by atoms with Gasteiger partial charge >= 0.3 is 0 Å². The first kappa shape index (κ1) is 20.9. The van der Waals surface area contributed by atoms with Gasteiger partial charge in [0.1, 0.15) is 18.2 Å². The Morgan fingerprint density at radius 2 is 1.78 bits per heavy atom. The van der Waals surface area contributed by atoms with Crippen LogP contribution in [0.3, 0.4) is 0 Å². The number of aryl methyl sites for hydroxylation is 1. The molecule has 4 aromatic rings. The maximum atomic E-state index is 12.8. The Balaban J connectivity index is 1.47. The summed E-state index contributed by atoms with van der Waals surface area (Å²) in [7, 11) is 0. The number of rotatable bonds is 7. The molecule has 0 fully saturated rings. The second-order valence-corrected chi connectivity index (χ2v) is 7.04. The first-order valence-corrected chi connectivity index (χ1v) is 10.1. The summed E-state index contributed by atoms with van der Waals surface area (Å²) < 4.78 is 7.07. The number of hydrogen-bond acceptors (Lipinski definition) is 6. The number of ether oxygens (including phenoxy) is 1. The highest BCUT2D eigenvalue weighted by atomic mass is 16.6. The van der Waals surface area contributed by atoms with Crippen molar-refractivity contribution in [3.8, 4) is 5.75 Å². The Labute approximate surface area is 183 Å². The molecule has 4 rings (SSSR count). The molecule has 0 spiro atoms. The third-order valence-electron chi connectivity index (χ3n) is 4.89. The van der Waals surface area contributed by atoms with Crippen LogP contribution in [-0.2, 0) is 13.0 Å². The summed E-state index contributed by atoms with van der Waals surface area (Å²) >= 11 is 0. The molecule has 0 amide bonds. The van der Waals surface area contributed by atoms with E-state index >= 15 is 0 Å². The van der Waals surface area contributed by atoms with E-state index < -0.39 is 4.92 Å². The summed E-state index contributed by atoms with van der Waals surface area (Å²) in [6, 6.07) is 20.7. The van der Waals surface area contributed by atoms with Gasteiger partial charge in [0, 0.05) is 18.6 Å². The maximum Gasteiger partial charge on any atom is 0.282 e. The summed E-state index contributed by atoms with van der Waals surface area (Å²) in [5.74, 6) is 1.24. The molecule has 0 saturated carbocycles. The molecule has 0 unspecified atom stereocenters. The Morgan fingerprint density at radius 1 is 1.06 bits per heavy atom. The summed E-state index contributed by atoms with van der Waals surface area (Å²) in [4.78, 5) is 27.6. The SMILES string of the molecule is CCc1nc2ccccc2c(=O)n1N=Cc1ccc(OCc2ccc([N+](=O)[O-])cc2)cc1. The minimum Gasteiger partial charge on any atom is -0.489 e. The molecule has 160 valence electrons. The van der Waals surface area contributed by atoms with Gasteiger partial charge in [-0.1, -0.05) is 19.1 Å². The monoisotopic (exact) mass is 428 g/mol. The lowest BCUT2D eigenvalue weighted by Gasteiger charge is -2.08. The Morgan fingerprint density at radius 3 is 2.47 bits per heavy atom. The van der Waals surface area contributed by atoms with Gasteiger partial charge in [-0.05, 0) is 59.7 Å². The molecule has 0 aliphatic rings. The van der Waals surface area contributed by atoms with Gasteiger partial charge in [0.25, 0.3) is 11.2 Å². The summed E-state index contributed by atoms with van der Waals surface area (Å²) in [6.07, 6.45) is 2.18. The molecule has 0 radical (unpaired) electrons. The fourth-order valence-electron chi connectivity index (χ4n) is 3.17. The molecular weight excluding hydrogens is 408 g/mol. The zero-order valence-electron chi connectivity index (χ0n) is 17.3. The predicted octanol–water partition coefficient (Wildman–Crippen LogP) is 4.33. The molecule has 1 heterocycles. The zero-order valence-corrected chi connectivity index (χ0v) is 17.3. The van der Waals surface area contributed by atoms with E-state index in [4.69, 9.17) is 4.74 Å². The van der Waals surface area contributed by atoms with Gasteiger partial charge in [0.05, 0.1) is 22.0 Å². The second kappa shape index (κ2) is 9.22. The molecule has 0 bridgehead atoms. The molecule has 3 aromatic carbocycles. The van der Waals surface area contributed by atoms with E-state index in [0.717, 1.165) is 11.1 Å². The Kier molecular flexibility index (Phi) is 6.03. The van der Waals surface area contributed by atoms with Crippen molar-refractivity contribution in [1.29, 1.82) is 0 Å². The fraction of sp³-hybridized carbons (Fsp3) is 0.125. The Bertz CT molecular complexity index is 1340. The highest BCUT2D eigenvalue weighted by Gasteiger charge is 2.08. The fourth-order valence-corrected chi connectivity index (χ4v) is 3.17. The van der Waals surface area contributed by atoms with E-state index in [0.29, 0.717) is 35.5 Å². The van der Waals surface area contributed by atoms with Crippen LogP contribution in [0.25, 0.3) is 10.9 Å². The zero-order chi connectivity index (χ0) is 22.5. The van der Waals surface area contributed by atoms with Crippen LogP contribution in [-0.4, -0.2) is 20.8 Å². The van der Waals surface area contributed by atoms with Gasteiger partial charge in [0.2, 0.25) is 0 Å². The van der Waals surface area contributed by atoms with Gasteiger partial charge in [-0.25, -0.2) is 4.98 Å². The average molecular weight is 428 g/mol. The van der Waals surface area contributed by atoms with Crippen LogP contribution in [0.5, 0.6) is 5.75 Å². The molecule has 1 aromatic heterocycles. The topological polar surface area (TPSA) is 99.6 Å². The van der Waals surface area contributed by atoms with Gasteiger partial charge in [-0.3, -0.25) is 14.9 Å². The van der Waals surface area contributed by atoms with E-state index in [-0.39, 0.29) is 11.2 Å². The highest BCUT2D eigenvalue weighted by molar-refractivity contribution is 5.80. The van der Waals surface area contributed by atoms with E-state index in [1.807, 2.05) is 31.2 Å². The van der Waals surface area contributed by atoms with Gasteiger partial charge in [-0.2, -0.15) is 9.78 Å². The van der Waals surface area contributed by atoms with Crippen molar-refractivity contribution >= 4 is 22.8 Å². The molecule has 0 N–H and O–H groups in total. The van der Waals surface area contributed by atoms with E-state index in [9.17, 15) is 14.9 Å². The van der Waals surface area contributed by atoms with Crippen LogP contribution >= 0.6 is 0 Å². The first-order valence-electron chi connectivity index (χ1n) is 10.1.